The largest absolute Gasteiger partial charge is 0.504 e. The van der Waals surface area contributed by atoms with E-state index in [0.717, 1.165) is 11.3 Å². The van der Waals surface area contributed by atoms with E-state index < -0.39 is 0 Å². The first kappa shape index (κ1) is 13.2. The molecule has 2 aromatic rings. The molecular formula is C15H16FNO2. The van der Waals surface area contributed by atoms with E-state index in [0.29, 0.717) is 5.75 Å². The Balaban J connectivity index is 2.12. The third kappa shape index (κ3) is 3.16. The molecule has 2 rings (SSSR count). The molecule has 0 saturated heterocycles. The Kier molecular flexibility index (Phi) is 3.90. The number of benzene rings is 2. The Bertz CT molecular complexity index is 555. The van der Waals surface area contributed by atoms with Gasteiger partial charge in [-0.15, -0.1) is 0 Å². The van der Waals surface area contributed by atoms with E-state index in [1.165, 1.54) is 19.2 Å². The molecule has 2 N–H and O–H groups in total. The smallest absolute Gasteiger partial charge is 0.160 e. The van der Waals surface area contributed by atoms with E-state index >= 15 is 0 Å². The van der Waals surface area contributed by atoms with Gasteiger partial charge in [0, 0.05) is 17.8 Å². The van der Waals surface area contributed by atoms with Crippen molar-refractivity contribution in [3.05, 3.63) is 53.8 Å². The second-order valence-corrected chi connectivity index (χ2v) is 4.30. The zero-order valence-electron chi connectivity index (χ0n) is 10.9. The average molecular weight is 261 g/mol. The van der Waals surface area contributed by atoms with Crippen molar-refractivity contribution in [2.24, 2.45) is 0 Å². The molecule has 0 spiro atoms. The summed E-state index contributed by atoms with van der Waals surface area (Å²) in [6.07, 6.45) is 0. The van der Waals surface area contributed by atoms with Gasteiger partial charge in [0.05, 0.1) is 7.11 Å². The fraction of sp³-hybridized carbons (Fsp3) is 0.200. The minimum absolute atomic E-state index is 0.00777. The topological polar surface area (TPSA) is 41.5 Å². The van der Waals surface area contributed by atoms with Crippen molar-refractivity contribution in [3.63, 3.8) is 0 Å². The van der Waals surface area contributed by atoms with Crippen molar-refractivity contribution in [3.8, 4) is 11.5 Å². The lowest BCUT2D eigenvalue weighted by molar-refractivity contribution is 0.373. The molecular weight excluding hydrogens is 245 g/mol. The molecule has 2 aromatic carbocycles. The van der Waals surface area contributed by atoms with E-state index in [1.54, 1.807) is 24.3 Å². The molecule has 0 aliphatic heterocycles. The van der Waals surface area contributed by atoms with Crippen LogP contribution in [0.25, 0.3) is 0 Å². The number of hydrogen-bond donors (Lipinski definition) is 2. The Morgan fingerprint density at radius 3 is 2.42 bits per heavy atom. The summed E-state index contributed by atoms with van der Waals surface area (Å²) in [7, 11) is 1.50. The summed E-state index contributed by atoms with van der Waals surface area (Å²) in [4.78, 5) is 0. The van der Waals surface area contributed by atoms with Crippen LogP contribution in [0.15, 0.2) is 42.5 Å². The minimum atomic E-state index is -0.252. The number of nitrogens with one attached hydrogen (secondary N) is 1. The summed E-state index contributed by atoms with van der Waals surface area (Å²) in [5.74, 6) is 0.261. The SMILES string of the molecule is COc1ccc(NC(C)c2ccc(F)cc2)cc1O. The normalized spacial score (nSPS) is 11.9. The summed E-state index contributed by atoms with van der Waals surface area (Å²) in [6.45, 7) is 1.97. The number of aromatic hydroxyl groups is 1. The number of phenolic OH excluding ortho intramolecular Hbond substituents is 1. The molecule has 0 heterocycles. The van der Waals surface area contributed by atoms with Crippen LogP contribution in [-0.2, 0) is 0 Å². The van der Waals surface area contributed by atoms with Gasteiger partial charge in [-0.2, -0.15) is 0 Å². The summed E-state index contributed by atoms with van der Waals surface area (Å²) in [6, 6.07) is 11.4. The maximum absolute atomic E-state index is 12.8. The number of ether oxygens (including phenoxy) is 1. The Labute approximate surface area is 111 Å². The molecule has 100 valence electrons. The van der Waals surface area contributed by atoms with Crippen molar-refractivity contribution in [2.75, 3.05) is 12.4 Å². The summed E-state index contributed by atoms with van der Waals surface area (Å²) < 4.78 is 17.8. The van der Waals surface area contributed by atoms with Crippen molar-refractivity contribution in [1.82, 2.24) is 0 Å². The van der Waals surface area contributed by atoms with Crippen LogP contribution in [0.5, 0.6) is 11.5 Å². The minimum Gasteiger partial charge on any atom is -0.504 e. The van der Waals surface area contributed by atoms with Gasteiger partial charge in [-0.25, -0.2) is 4.39 Å². The third-order valence-electron chi connectivity index (χ3n) is 2.93. The molecule has 4 heteroatoms. The highest BCUT2D eigenvalue weighted by atomic mass is 19.1. The van der Waals surface area contributed by atoms with Crippen LogP contribution in [0, 0.1) is 5.82 Å². The summed E-state index contributed by atoms with van der Waals surface area (Å²) in [5.41, 5.74) is 1.74. The lowest BCUT2D eigenvalue weighted by Gasteiger charge is -2.16. The van der Waals surface area contributed by atoms with Crippen LogP contribution in [0.4, 0.5) is 10.1 Å². The molecule has 0 radical (unpaired) electrons. The van der Waals surface area contributed by atoms with Gasteiger partial charge >= 0.3 is 0 Å². The molecule has 0 aliphatic carbocycles. The molecule has 19 heavy (non-hydrogen) atoms. The fourth-order valence-electron chi connectivity index (χ4n) is 1.86. The van der Waals surface area contributed by atoms with Gasteiger partial charge < -0.3 is 15.2 Å². The quantitative estimate of drug-likeness (QED) is 0.881. The van der Waals surface area contributed by atoms with Gasteiger partial charge in [0.2, 0.25) is 0 Å². The van der Waals surface area contributed by atoms with Gasteiger partial charge in [0.25, 0.3) is 0 Å². The van der Waals surface area contributed by atoms with E-state index in [2.05, 4.69) is 5.32 Å². The highest BCUT2D eigenvalue weighted by molar-refractivity contribution is 5.55. The predicted molar refractivity (Wildman–Crippen MR) is 73.1 cm³/mol. The Morgan fingerprint density at radius 1 is 1.16 bits per heavy atom. The molecule has 0 bridgehead atoms. The van der Waals surface area contributed by atoms with E-state index in [1.807, 2.05) is 13.0 Å². The second kappa shape index (κ2) is 5.61. The molecule has 0 amide bonds. The maximum Gasteiger partial charge on any atom is 0.160 e. The van der Waals surface area contributed by atoms with Gasteiger partial charge in [0.1, 0.15) is 5.82 Å². The van der Waals surface area contributed by atoms with Crippen LogP contribution in [-0.4, -0.2) is 12.2 Å². The van der Waals surface area contributed by atoms with Crippen LogP contribution in [0.3, 0.4) is 0 Å². The molecule has 0 fully saturated rings. The zero-order valence-corrected chi connectivity index (χ0v) is 10.9. The molecule has 3 nitrogen and oxygen atoms in total. The van der Waals surface area contributed by atoms with Crippen LogP contribution in [0.1, 0.15) is 18.5 Å². The highest BCUT2D eigenvalue weighted by Crippen LogP contribution is 2.30. The molecule has 0 aromatic heterocycles. The van der Waals surface area contributed by atoms with Crippen molar-refractivity contribution >= 4 is 5.69 Å². The number of halogens is 1. The van der Waals surface area contributed by atoms with E-state index in [-0.39, 0.29) is 17.6 Å². The van der Waals surface area contributed by atoms with Gasteiger partial charge in [-0.3, -0.25) is 0 Å². The number of methoxy groups -OCH3 is 1. The summed E-state index contributed by atoms with van der Waals surface area (Å²) in [5, 5.41) is 12.9. The fourth-order valence-corrected chi connectivity index (χ4v) is 1.86. The standard InChI is InChI=1S/C15H16FNO2/c1-10(11-3-5-12(16)6-4-11)17-13-7-8-15(19-2)14(18)9-13/h3-10,17-18H,1-2H3. The van der Waals surface area contributed by atoms with Gasteiger partial charge in [0.15, 0.2) is 11.5 Å². The first-order chi connectivity index (χ1) is 9.10. The molecule has 1 atom stereocenters. The van der Waals surface area contributed by atoms with Gasteiger partial charge in [-0.1, -0.05) is 12.1 Å². The first-order valence-electron chi connectivity index (χ1n) is 5.99. The van der Waals surface area contributed by atoms with Crippen molar-refractivity contribution in [2.45, 2.75) is 13.0 Å². The monoisotopic (exact) mass is 261 g/mol. The lowest BCUT2D eigenvalue weighted by atomic mass is 10.1. The average Bonchev–Trinajstić information content (AvgIpc) is 2.39. The van der Waals surface area contributed by atoms with E-state index in [9.17, 15) is 9.50 Å². The van der Waals surface area contributed by atoms with Gasteiger partial charge in [-0.05, 0) is 36.8 Å². The van der Waals surface area contributed by atoms with Crippen LogP contribution < -0.4 is 10.1 Å². The lowest BCUT2D eigenvalue weighted by Crippen LogP contribution is -2.06. The Hall–Kier alpha value is -2.23. The Morgan fingerprint density at radius 2 is 1.84 bits per heavy atom. The number of hydrogen-bond acceptors (Lipinski definition) is 3. The molecule has 1 unspecified atom stereocenters. The molecule has 0 saturated carbocycles. The third-order valence-corrected chi connectivity index (χ3v) is 2.93. The highest BCUT2D eigenvalue weighted by Gasteiger charge is 2.07. The maximum atomic E-state index is 12.8. The predicted octanol–water partition coefficient (Wildman–Crippen LogP) is 3.71. The van der Waals surface area contributed by atoms with Crippen molar-refractivity contribution in [1.29, 1.82) is 0 Å². The van der Waals surface area contributed by atoms with E-state index in [4.69, 9.17) is 4.74 Å². The van der Waals surface area contributed by atoms with Crippen LogP contribution in [0.2, 0.25) is 0 Å². The number of rotatable bonds is 4. The number of anilines is 1. The zero-order chi connectivity index (χ0) is 13.8. The first-order valence-corrected chi connectivity index (χ1v) is 5.99. The van der Waals surface area contributed by atoms with Crippen molar-refractivity contribution < 1.29 is 14.2 Å². The second-order valence-electron chi connectivity index (χ2n) is 4.30. The molecule has 0 aliphatic rings. The van der Waals surface area contributed by atoms with Crippen LogP contribution >= 0.6 is 0 Å². The number of phenols is 1. The summed E-state index contributed by atoms with van der Waals surface area (Å²) >= 11 is 0.